The van der Waals surface area contributed by atoms with Gasteiger partial charge in [0.05, 0.1) is 23.3 Å². The summed E-state index contributed by atoms with van der Waals surface area (Å²) in [6.45, 7) is 2.35. The Morgan fingerprint density at radius 3 is 2.20 bits per heavy atom. The molecule has 0 heterocycles. The molecule has 3 aromatic rings. The summed E-state index contributed by atoms with van der Waals surface area (Å²) in [5.74, 6) is 0.504. The van der Waals surface area contributed by atoms with Crippen molar-refractivity contribution in [2.75, 3.05) is 6.61 Å². The van der Waals surface area contributed by atoms with Gasteiger partial charge in [0.1, 0.15) is 11.5 Å². The highest BCUT2D eigenvalue weighted by atomic mass is 32.2. The fourth-order valence-electron chi connectivity index (χ4n) is 2.47. The van der Waals surface area contributed by atoms with Crippen LogP contribution in [0.25, 0.3) is 0 Å². The molecule has 3 rings (SSSR count). The number of carbonyl (C=O) groups is 1. The van der Waals surface area contributed by atoms with E-state index in [1.165, 1.54) is 18.3 Å². The summed E-state index contributed by atoms with van der Waals surface area (Å²) in [6.07, 6.45) is 1.36. The summed E-state index contributed by atoms with van der Waals surface area (Å²) in [6, 6.07) is 21.2. The molecule has 0 atom stereocenters. The Balaban J connectivity index is 1.59. The second-order valence-electron chi connectivity index (χ2n) is 6.08. The first-order valence-corrected chi connectivity index (χ1v) is 10.6. The maximum Gasteiger partial charge on any atom is 0.343 e. The molecule has 0 spiro atoms. The monoisotopic (exact) mass is 424 g/mol. The third kappa shape index (κ3) is 5.68. The second-order valence-corrected chi connectivity index (χ2v) is 7.74. The first kappa shape index (κ1) is 21.1. The molecule has 0 bridgehead atoms. The number of carbonyl (C=O) groups excluding carboxylic acids is 1. The van der Waals surface area contributed by atoms with Crippen LogP contribution in [0.4, 0.5) is 0 Å². The van der Waals surface area contributed by atoms with Gasteiger partial charge in [0.15, 0.2) is 0 Å². The van der Waals surface area contributed by atoms with E-state index in [4.69, 9.17) is 9.47 Å². The fourth-order valence-corrected chi connectivity index (χ4v) is 3.26. The van der Waals surface area contributed by atoms with E-state index in [1.54, 1.807) is 60.7 Å². The van der Waals surface area contributed by atoms with Gasteiger partial charge in [-0.05, 0) is 73.2 Å². The smallest absolute Gasteiger partial charge is 0.343 e. The molecule has 0 saturated heterocycles. The van der Waals surface area contributed by atoms with E-state index >= 15 is 0 Å². The van der Waals surface area contributed by atoms with Crippen LogP contribution < -0.4 is 14.3 Å². The van der Waals surface area contributed by atoms with Crippen LogP contribution in [0.3, 0.4) is 0 Å². The van der Waals surface area contributed by atoms with Crippen molar-refractivity contribution in [3.8, 4) is 11.5 Å². The molecule has 154 valence electrons. The van der Waals surface area contributed by atoms with Crippen LogP contribution >= 0.6 is 0 Å². The minimum absolute atomic E-state index is 0.0753. The van der Waals surface area contributed by atoms with Crippen molar-refractivity contribution in [2.24, 2.45) is 5.10 Å². The lowest BCUT2D eigenvalue weighted by molar-refractivity contribution is 0.0734. The van der Waals surface area contributed by atoms with E-state index in [0.29, 0.717) is 29.2 Å². The van der Waals surface area contributed by atoms with Gasteiger partial charge in [-0.1, -0.05) is 18.2 Å². The zero-order valence-corrected chi connectivity index (χ0v) is 17.0. The lowest BCUT2D eigenvalue weighted by Crippen LogP contribution is -2.18. The quantitative estimate of drug-likeness (QED) is 0.258. The van der Waals surface area contributed by atoms with Crippen LogP contribution in [-0.4, -0.2) is 27.2 Å². The number of hydrazone groups is 1. The molecule has 7 nitrogen and oxygen atoms in total. The minimum Gasteiger partial charge on any atom is -0.494 e. The van der Waals surface area contributed by atoms with Crippen molar-refractivity contribution in [2.45, 2.75) is 11.8 Å². The van der Waals surface area contributed by atoms with Crippen molar-refractivity contribution >= 4 is 22.2 Å². The number of hydrogen-bond donors (Lipinski definition) is 1. The Bertz CT molecular complexity index is 1110. The maximum absolute atomic E-state index is 12.3. The Kier molecular flexibility index (Phi) is 6.82. The average Bonchev–Trinajstić information content (AvgIpc) is 2.76. The zero-order chi connectivity index (χ0) is 21.4. The molecule has 30 heavy (non-hydrogen) atoms. The SMILES string of the molecule is CCOc1ccc(S(=O)(=O)N/N=C/c2ccc(OC(=O)c3ccccc3)cc2)cc1. The summed E-state index contributed by atoms with van der Waals surface area (Å²) < 4.78 is 35.1. The highest BCUT2D eigenvalue weighted by molar-refractivity contribution is 7.89. The van der Waals surface area contributed by atoms with Crippen LogP contribution in [-0.2, 0) is 10.0 Å². The number of benzene rings is 3. The molecule has 0 saturated carbocycles. The average molecular weight is 424 g/mol. The summed E-state index contributed by atoms with van der Waals surface area (Å²) in [7, 11) is -3.79. The van der Waals surface area contributed by atoms with Crippen LogP contribution in [0, 0.1) is 0 Å². The van der Waals surface area contributed by atoms with E-state index < -0.39 is 16.0 Å². The van der Waals surface area contributed by atoms with Crippen molar-refractivity contribution in [1.82, 2.24) is 4.83 Å². The molecule has 0 aliphatic rings. The standard InChI is InChI=1S/C22H20N2O5S/c1-2-28-19-12-14-21(15-13-19)30(26,27)24-23-16-17-8-10-20(11-9-17)29-22(25)18-6-4-3-5-7-18/h3-16,24H,2H2,1H3/b23-16+. The molecule has 8 heteroatoms. The predicted molar refractivity (Wildman–Crippen MR) is 113 cm³/mol. The Morgan fingerprint density at radius 2 is 1.57 bits per heavy atom. The van der Waals surface area contributed by atoms with Gasteiger partial charge in [0.2, 0.25) is 0 Å². The van der Waals surface area contributed by atoms with Gasteiger partial charge >= 0.3 is 5.97 Å². The Hall–Kier alpha value is -3.65. The largest absolute Gasteiger partial charge is 0.494 e. The highest BCUT2D eigenvalue weighted by Crippen LogP contribution is 2.16. The number of rotatable bonds is 8. The Labute approximate surface area is 175 Å². The van der Waals surface area contributed by atoms with E-state index in [9.17, 15) is 13.2 Å². The minimum atomic E-state index is -3.79. The first-order chi connectivity index (χ1) is 14.5. The van der Waals surface area contributed by atoms with Gasteiger partial charge in [-0.3, -0.25) is 0 Å². The van der Waals surface area contributed by atoms with Gasteiger partial charge in [-0.15, -0.1) is 0 Å². The highest BCUT2D eigenvalue weighted by Gasteiger charge is 2.12. The van der Waals surface area contributed by atoms with E-state index in [-0.39, 0.29) is 4.90 Å². The second kappa shape index (κ2) is 9.71. The third-order valence-corrected chi connectivity index (χ3v) is 5.17. The normalized spacial score (nSPS) is 11.2. The van der Waals surface area contributed by atoms with Crippen LogP contribution in [0.5, 0.6) is 11.5 Å². The molecule has 0 radical (unpaired) electrons. The summed E-state index contributed by atoms with van der Waals surface area (Å²) in [4.78, 5) is 14.3. The van der Waals surface area contributed by atoms with Crippen molar-refractivity contribution in [3.63, 3.8) is 0 Å². The first-order valence-electron chi connectivity index (χ1n) is 9.13. The molecular weight excluding hydrogens is 404 g/mol. The summed E-state index contributed by atoms with van der Waals surface area (Å²) in [5.41, 5.74) is 1.08. The molecule has 0 unspecified atom stereocenters. The molecule has 0 fully saturated rings. The van der Waals surface area contributed by atoms with Crippen molar-refractivity contribution in [1.29, 1.82) is 0 Å². The zero-order valence-electron chi connectivity index (χ0n) is 16.2. The molecule has 0 aliphatic carbocycles. The molecule has 0 amide bonds. The number of nitrogens with one attached hydrogen (secondary N) is 1. The lowest BCUT2D eigenvalue weighted by atomic mass is 10.2. The van der Waals surface area contributed by atoms with Crippen LogP contribution in [0.2, 0.25) is 0 Å². The molecule has 1 N–H and O–H groups in total. The van der Waals surface area contributed by atoms with Gasteiger partial charge in [0.25, 0.3) is 10.0 Å². The number of ether oxygens (including phenoxy) is 2. The van der Waals surface area contributed by atoms with Crippen LogP contribution in [0.1, 0.15) is 22.8 Å². The van der Waals surface area contributed by atoms with E-state index in [1.807, 2.05) is 13.0 Å². The third-order valence-electron chi connectivity index (χ3n) is 3.93. The van der Waals surface area contributed by atoms with Gasteiger partial charge in [-0.2, -0.15) is 13.5 Å². The topological polar surface area (TPSA) is 94.1 Å². The summed E-state index contributed by atoms with van der Waals surface area (Å²) >= 11 is 0. The number of nitrogens with zero attached hydrogens (tertiary/aromatic N) is 1. The molecule has 0 aliphatic heterocycles. The number of esters is 1. The van der Waals surface area contributed by atoms with Gasteiger partial charge in [0, 0.05) is 0 Å². The van der Waals surface area contributed by atoms with E-state index in [0.717, 1.165) is 0 Å². The van der Waals surface area contributed by atoms with Crippen LogP contribution in [0.15, 0.2) is 88.9 Å². The Morgan fingerprint density at radius 1 is 0.933 bits per heavy atom. The van der Waals surface area contributed by atoms with Gasteiger partial charge in [-0.25, -0.2) is 9.63 Å². The number of hydrogen-bond acceptors (Lipinski definition) is 6. The fraction of sp³-hybridized carbons (Fsp3) is 0.0909. The molecule has 3 aromatic carbocycles. The molecular formula is C22H20N2O5S. The predicted octanol–water partition coefficient (Wildman–Crippen LogP) is 3.62. The van der Waals surface area contributed by atoms with Crippen molar-refractivity contribution < 1.29 is 22.7 Å². The molecule has 0 aromatic heterocycles. The summed E-state index contributed by atoms with van der Waals surface area (Å²) in [5, 5.41) is 3.78. The maximum atomic E-state index is 12.3. The van der Waals surface area contributed by atoms with E-state index in [2.05, 4.69) is 9.93 Å². The van der Waals surface area contributed by atoms with Crippen molar-refractivity contribution in [3.05, 3.63) is 90.0 Å². The van der Waals surface area contributed by atoms with Gasteiger partial charge < -0.3 is 9.47 Å². The number of sulfonamides is 1. The lowest BCUT2D eigenvalue weighted by Gasteiger charge is -2.06.